The Morgan fingerprint density at radius 2 is 2.00 bits per heavy atom. The van der Waals surface area contributed by atoms with Gasteiger partial charge in [-0.05, 0) is 24.2 Å². The van der Waals surface area contributed by atoms with Gasteiger partial charge in [0.25, 0.3) is 0 Å². The summed E-state index contributed by atoms with van der Waals surface area (Å²) in [5.74, 6) is 0.728. The second-order valence-corrected chi connectivity index (χ2v) is 5.78. The van der Waals surface area contributed by atoms with Gasteiger partial charge in [-0.25, -0.2) is 0 Å². The van der Waals surface area contributed by atoms with Gasteiger partial charge in [0.2, 0.25) is 0 Å². The second-order valence-electron chi connectivity index (χ2n) is 5.78. The smallest absolute Gasteiger partial charge is 0.0642 e. The number of allylic oxidation sites excluding steroid dienone is 2. The molecule has 1 aliphatic heterocycles. The molecule has 0 N–H and O–H groups in total. The normalized spacial score (nSPS) is 31.3. The molecule has 0 radical (unpaired) electrons. The standard InChI is InChI=1S/C13H23NO/c1-11-8-12(10-13(2,3)9-11)14-4-6-15-7-5-14/h8,11H,4-7,9-10H2,1-3H3. The number of ether oxygens (including phenoxy) is 1. The molecular formula is C13H23NO. The number of morpholine rings is 1. The van der Waals surface area contributed by atoms with Crippen molar-refractivity contribution in [2.75, 3.05) is 26.3 Å². The van der Waals surface area contributed by atoms with Crippen molar-refractivity contribution >= 4 is 0 Å². The van der Waals surface area contributed by atoms with Gasteiger partial charge in [0, 0.05) is 18.8 Å². The van der Waals surface area contributed by atoms with Crippen molar-refractivity contribution in [1.29, 1.82) is 0 Å². The van der Waals surface area contributed by atoms with Gasteiger partial charge in [-0.1, -0.05) is 26.8 Å². The monoisotopic (exact) mass is 209 g/mol. The summed E-state index contributed by atoms with van der Waals surface area (Å²) in [6.45, 7) is 11.1. The Labute approximate surface area is 93.3 Å². The van der Waals surface area contributed by atoms with Crippen LogP contribution in [0, 0.1) is 11.3 Å². The lowest BCUT2D eigenvalue weighted by Crippen LogP contribution is -2.38. The van der Waals surface area contributed by atoms with Crippen LogP contribution in [0.25, 0.3) is 0 Å². The lowest BCUT2D eigenvalue weighted by molar-refractivity contribution is 0.0465. The van der Waals surface area contributed by atoms with Crippen LogP contribution >= 0.6 is 0 Å². The number of nitrogens with zero attached hydrogens (tertiary/aromatic N) is 1. The summed E-state index contributed by atoms with van der Waals surface area (Å²) < 4.78 is 5.40. The molecule has 2 rings (SSSR count). The molecule has 1 fully saturated rings. The molecule has 1 heterocycles. The van der Waals surface area contributed by atoms with Crippen molar-refractivity contribution in [3.63, 3.8) is 0 Å². The Balaban J connectivity index is 2.07. The zero-order chi connectivity index (χ0) is 10.9. The Bertz CT molecular complexity index is 251. The molecule has 0 aromatic heterocycles. The maximum absolute atomic E-state index is 5.40. The van der Waals surface area contributed by atoms with Crippen LogP contribution in [-0.2, 0) is 4.74 Å². The van der Waals surface area contributed by atoms with Crippen LogP contribution in [0.3, 0.4) is 0 Å². The molecule has 0 amide bonds. The first kappa shape index (κ1) is 11.0. The fourth-order valence-electron chi connectivity index (χ4n) is 2.95. The molecule has 0 spiro atoms. The predicted molar refractivity (Wildman–Crippen MR) is 62.7 cm³/mol. The molecule has 2 nitrogen and oxygen atoms in total. The van der Waals surface area contributed by atoms with E-state index in [-0.39, 0.29) is 0 Å². The summed E-state index contributed by atoms with van der Waals surface area (Å²) in [5.41, 5.74) is 2.03. The molecule has 0 bridgehead atoms. The number of hydrogen-bond donors (Lipinski definition) is 0. The van der Waals surface area contributed by atoms with Crippen molar-refractivity contribution in [2.24, 2.45) is 11.3 Å². The first-order chi connectivity index (χ1) is 7.07. The van der Waals surface area contributed by atoms with Crippen molar-refractivity contribution in [3.8, 4) is 0 Å². The molecule has 2 heteroatoms. The van der Waals surface area contributed by atoms with E-state index in [9.17, 15) is 0 Å². The first-order valence-corrected chi connectivity index (χ1v) is 6.10. The van der Waals surface area contributed by atoms with E-state index in [4.69, 9.17) is 4.74 Å². The molecular weight excluding hydrogens is 186 g/mol. The van der Waals surface area contributed by atoms with Crippen molar-refractivity contribution in [2.45, 2.75) is 33.6 Å². The predicted octanol–water partition coefficient (Wildman–Crippen LogP) is 2.66. The van der Waals surface area contributed by atoms with Crippen molar-refractivity contribution in [3.05, 3.63) is 11.8 Å². The Morgan fingerprint density at radius 3 is 2.60 bits per heavy atom. The lowest BCUT2D eigenvalue weighted by atomic mass is 9.75. The Morgan fingerprint density at radius 1 is 1.33 bits per heavy atom. The molecule has 15 heavy (non-hydrogen) atoms. The summed E-state index contributed by atoms with van der Waals surface area (Å²) >= 11 is 0. The highest BCUT2D eigenvalue weighted by molar-refractivity contribution is 5.11. The summed E-state index contributed by atoms with van der Waals surface area (Å²) in [7, 11) is 0. The minimum Gasteiger partial charge on any atom is -0.378 e. The third-order valence-corrected chi connectivity index (χ3v) is 3.43. The van der Waals surface area contributed by atoms with Crippen LogP contribution in [0.4, 0.5) is 0 Å². The summed E-state index contributed by atoms with van der Waals surface area (Å²) in [6, 6.07) is 0. The quantitative estimate of drug-likeness (QED) is 0.658. The number of rotatable bonds is 1. The van der Waals surface area contributed by atoms with Crippen LogP contribution in [0.1, 0.15) is 33.6 Å². The molecule has 2 aliphatic rings. The molecule has 1 unspecified atom stereocenters. The van der Waals surface area contributed by atoms with Gasteiger partial charge in [0.05, 0.1) is 13.2 Å². The molecule has 86 valence electrons. The Kier molecular flexibility index (Phi) is 3.06. The lowest BCUT2D eigenvalue weighted by Gasteiger charge is -2.40. The highest BCUT2D eigenvalue weighted by Crippen LogP contribution is 2.39. The van der Waals surface area contributed by atoms with Gasteiger partial charge in [-0.15, -0.1) is 0 Å². The van der Waals surface area contributed by atoms with E-state index in [0.717, 1.165) is 32.2 Å². The third kappa shape index (κ3) is 2.75. The molecule has 0 aromatic rings. The van der Waals surface area contributed by atoms with Gasteiger partial charge in [-0.2, -0.15) is 0 Å². The fraction of sp³-hybridized carbons (Fsp3) is 0.846. The zero-order valence-electron chi connectivity index (χ0n) is 10.3. The molecule has 1 atom stereocenters. The van der Waals surface area contributed by atoms with Crippen LogP contribution < -0.4 is 0 Å². The summed E-state index contributed by atoms with van der Waals surface area (Å²) in [5, 5.41) is 0. The fourth-order valence-corrected chi connectivity index (χ4v) is 2.95. The van der Waals surface area contributed by atoms with E-state index < -0.39 is 0 Å². The summed E-state index contributed by atoms with van der Waals surface area (Å²) in [6.07, 6.45) is 5.02. The van der Waals surface area contributed by atoms with Gasteiger partial charge >= 0.3 is 0 Å². The van der Waals surface area contributed by atoms with Crippen molar-refractivity contribution in [1.82, 2.24) is 4.90 Å². The van der Waals surface area contributed by atoms with E-state index >= 15 is 0 Å². The van der Waals surface area contributed by atoms with E-state index in [0.29, 0.717) is 5.41 Å². The van der Waals surface area contributed by atoms with Crippen molar-refractivity contribution < 1.29 is 4.74 Å². The molecule has 0 saturated carbocycles. The largest absolute Gasteiger partial charge is 0.378 e. The highest BCUT2D eigenvalue weighted by Gasteiger charge is 2.29. The number of hydrogen-bond acceptors (Lipinski definition) is 2. The van der Waals surface area contributed by atoms with Crippen LogP contribution in [0.15, 0.2) is 11.8 Å². The molecule has 1 aliphatic carbocycles. The van der Waals surface area contributed by atoms with E-state index in [2.05, 4.69) is 31.7 Å². The second kappa shape index (κ2) is 4.17. The first-order valence-electron chi connectivity index (χ1n) is 6.10. The summed E-state index contributed by atoms with van der Waals surface area (Å²) in [4.78, 5) is 2.51. The zero-order valence-corrected chi connectivity index (χ0v) is 10.3. The van der Waals surface area contributed by atoms with E-state index in [1.165, 1.54) is 12.8 Å². The highest BCUT2D eigenvalue weighted by atomic mass is 16.5. The topological polar surface area (TPSA) is 12.5 Å². The maximum atomic E-state index is 5.40. The van der Waals surface area contributed by atoms with Crippen LogP contribution in [0.5, 0.6) is 0 Å². The van der Waals surface area contributed by atoms with E-state index in [1.54, 1.807) is 5.70 Å². The van der Waals surface area contributed by atoms with Gasteiger partial charge in [0.1, 0.15) is 0 Å². The van der Waals surface area contributed by atoms with Gasteiger partial charge in [0.15, 0.2) is 0 Å². The minimum absolute atomic E-state index is 0.474. The molecule has 1 saturated heterocycles. The van der Waals surface area contributed by atoms with Gasteiger partial charge < -0.3 is 9.64 Å². The minimum atomic E-state index is 0.474. The van der Waals surface area contributed by atoms with Crippen LogP contribution in [-0.4, -0.2) is 31.2 Å². The van der Waals surface area contributed by atoms with Crippen LogP contribution in [0.2, 0.25) is 0 Å². The maximum Gasteiger partial charge on any atom is 0.0642 e. The SMILES string of the molecule is CC1C=C(N2CCOCC2)CC(C)(C)C1. The van der Waals surface area contributed by atoms with Gasteiger partial charge in [-0.3, -0.25) is 0 Å². The third-order valence-electron chi connectivity index (χ3n) is 3.43. The average molecular weight is 209 g/mol. The average Bonchev–Trinajstić information content (AvgIpc) is 2.16. The molecule has 0 aromatic carbocycles. The Hall–Kier alpha value is -0.500. The van der Waals surface area contributed by atoms with E-state index in [1.807, 2.05) is 0 Å².